The van der Waals surface area contributed by atoms with E-state index in [9.17, 15) is 19.8 Å². The monoisotopic (exact) mass is 362 g/mol. The summed E-state index contributed by atoms with van der Waals surface area (Å²) < 4.78 is 10.7. The van der Waals surface area contributed by atoms with Crippen LogP contribution in [0.2, 0.25) is 0 Å². The molecule has 0 saturated heterocycles. The van der Waals surface area contributed by atoms with Crippen molar-refractivity contribution in [3.8, 4) is 5.75 Å². The maximum Gasteiger partial charge on any atom is 0.310 e. The second-order valence-electron chi connectivity index (χ2n) is 6.49. The predicted octanol–water partition coefficient (Wildman–Crippen LogP) is 3.09. The third-order valence-corrected chi connectivity index (χ3v) is 4.13. The van der Waals surface area contributed by atoms with E-state index in [2.05, 4.69) is 0 Å². The van der Waals surface area contributed by atoms with Crippen LogP contribution < -0.4 is 5.43 Å². The summed E-state index contributed by atoms with van der Waals surface area (Å²) in [4.78, 5) is 24.3. The van der Waals surface area contributed by atoms with E-state index in [0.29, 0.717) is 23.1 Å². The molecule has 0 fully saturated rings. The summed E-state index contributed by atoms with van der Waals surface area (Å²) in [6.07, 6.45) is 3.66. The van der Waals surface area contributed by atoms with Crippen LogP contribution in [-0.2, 0) is 22.4 Å². The molecule has 0 radical (unpaired) electrons. The average Bonchev–Trinajstić information content (AvgIpc) is 2.53. The molecule has 0 spiro atoms. The number of hydrogen-bond donors (Lipinski definition) is 2. The molecule has 0 bridgehead atoms. The fraction of sp³-hybridized carbons (Fsp3) is 0.500. The van der Waals surface area contributed by atoms with Crippen LogP contribution in [0.5, 0.6) is 5.75 Å². The molecule has 142 valence electrons. The van der Waals surface area contributed by atoms with Crippen molar-refractivity contribution in [3.63, 3.8) is 0 Å². The number of benzene rings is 1. The van der Waals surface area contributed by atoms with Crippen molar-refractivity contribution in [2.24, 2.45) is 0 Å². The second kappa shape index (κ2) is 9.38. The van der Waals surface area contributed by atoms with Crippen LogP contribution in [0.15, 0.2) is 27.4 Å². The van der Waals surface area contributed by atoms with Gasteiger partial charge in [-0.1, -0.05) is 12.8 Å². The minimum Gasteiger partial charge on any atom is -0.508 e. The van der Waals surface area contributed by atoms with Crippen LogP contribution >= 0.6 is 0 Å². The highest BCUT2D eigenvalue weighted by Crippen LogP contribution is 2.24. The first-order chi connectivity index (χ1) is 12.4. The van der Waals surface area contributed by atoms with Crippen LogP contribution in [0.25, 0.3) is 11.0 Å². The lowest BCUT2D eigenvalue weighted by atomic mass is 10.0. The van der Waals surface area contributed by atoms with Crippen LogP contribution in [-0.4, -0.2) is 28.9 Å². The molecular formula is C20H26O6. The fourth-order valence-electron chi connectivity index (χ4n) is 2.95. The van der Waals surface area contributed by atoms with E-state index in [4.69, 9.17) is 9.15 Å². The third kappa shape index (κ3) is 5.59. The highest BCUT2D eigenvalue weighted by atomic mass is 16.5. The number of aliphatic hydroxyl groups excluding tert-OH is 1. The fourth-order valence-corrected chi connectivity index (χ4v) is 2.95. The van der Waals surface area contributed by atoms with Gasteiger partial charge in [0.2, 0.25) is 0 Å². The van der Waals surface area contributed by atoms with Crippen molar-refractivity contribution in [1.82, 2.24) is 0 Å². The van der Waals surface area contributed by atoms with Gasteiger partial charge >= 0.3 is 5.97 Å². The lowest BCUT2D eigenvalue weighted by Gasteiger charge is -2.09. The number of fused-ring (bicyclic) bond motifs is 1. The normalized spacial score (nSPS) is 12.3. The van der Waals surface area contributed by atoms with E-state index in [-0.39, 0.29) is 35.9 Å². The number of carbonyl (C=O) groups excluding carboxylic acids is 1. The van der Waals surface area contributed by atoms with E-state index >= 15 is 0 Å². The summed E-state index contributed by atoms with van der Waals surface area (Å²) in [7, 11) is 0. The maximum atomic E-state index is 12.5. The molecule has 1 atom stereocenters. The third-order valence-electron chi connectivity index (χ3n) is 4.13. The Morgan fingerprint density at radius 3 is 2.69 bits per heavy atom. The number of esters is 1. The molecule has 6 heteroatoms. The summed E-state index contributed by atoms with van der Waals surface area (Å²) >= 11 is 0. The maximum absolute atomic E-state index is 12.5. The molecule has 1 heterocycles. The molecule has 1 aromatic carbocycles. The summed E-state index contributed by atoms with van der Waals surface area (Å²) in [5.74, 6) is 0.0299. The van der Waals surface area contributed by atoms with Gasteiger partial charge in [0.05, 0.1) is 24.5 Å². The van der Waals surface area contributed by atoms with Crippen molar-refractivity contribution in [2.45, 2.75) is 58.5 Å². The number of carbonyl (C=O) groups is 1. The number of aromatic hydroxyl groups is 1. The molecule has 0 unspecified atom stereocenters. The van der Waals surface area contributed by atoms with Gasteiger partial charge < -0.3 is 19.4 Å². The summed E-state index contributed by atoms with van der Waals surface area (Å²) in [6.45, 7) is 3.73. The largest absolute Gasteiger partial charge is 0.508 e. The zero-order valence-corrected chi connectivity index (χ0v) is 15.3. The van der Waals surface area contributed by atoms with Gasteiger partial charge in [-0.3, -0.25) is 9.59 Å². The molecule has 0 aliphatic carbocycles. The number of rotatable bonds is 9. The number of unbranched alkanes of at least 4 members (excludes halogenated alkanes) is 2. The first-order valence-electron chi connectivity index (χ1n) is 9.03. The van der Waals surface area contributed by atoms with Gasteiger partial charge in [0.1, 0.15) is 17.1 Å². The van der Waals surface area contributed by atoms with Gasteiger partial charge in [0.25, 0.3) is 0 Å². The van der Waals surface area contributed by atoms with Crippen LogP contribution in [0, 0.1) is 0 Å². The van der Waals surface area contributed by atoms with E-state index in [1.165, 1.54) is 18.2 Å². The van der Waals surface area contributed by atoms with Gasteiger partial charge in [-0.25, -0.2) is 0 Å². The van der Waals surface area contributed by atoms with E-state index in [0.717, 1.165) is 25.7 Å². The molecular weight excluding hydrogens is 336 g/mol. The van der Waals surface area contributed by atoms with Gasteiger partial charge in [0, 0.05) is 18.6 Å². The molecule has 26 heavy (non-hydrogen) atoms. The average molecular weight is 362 g/mol. The SMILES string of the molecule is CCOC(=O)Cc1cc(O)cc2oc(CCCCC[C@H](C)O)cc(=O)c12. The van der Waals surface area contributed by atoms with E-state index in [1.807, 2.05) is 0 Å². The summed E-state index contributed by atoms with van der Waals surface area (Å²) in [5.41, 5.74) is 0.441. The lowest BCUT2D eigenvalue weighted by Crippen LogP contribution is -2.11. The Balaban J connectivity index is 2.19. The zero-order valence-electron chi connectivity index (χ0n) is 15.3. The number of hydrogen-bond acceptors (Lipinski definition) is 6. The van der Waals surface area contributed by atoms with E-state index < -0.39 is 5.97 Å². The number of aryl methyl sites for hydroxylation is 1. The standard InChI is InChI=1S/C20H26O6/c1-3-25-19(24)10-14-9-15(22)11-18-20(14)17(23)12-16(26-18)8-6-4-5-7-13(2)21/h9,11-13,21-22H,3-8,10H2,1-2H3/t13-/m0/s1. The van der Waals surface area contributed by atoms with Crippen molar-refractivity contribution in [3.05, 3.63) is 39.7 Å². The Morgan fingerprint density at radius 2 is 2.00 bits per heavy atom. The minimum atomic E-state index is -0.457. The highest BCUT2D eigenvalue weighted by molar-refractivity contribution is 5.86. The van der Waals surface area contributed by atoms with E-state index in [1.54, 1.807) is 13.8 Å². The van der Waals surface area contributed by atoms with Gasteiger partial charge in [-0.15, -0.1) is 0 Å². The molecule has 0 saturated carbocycles. The molecule has 2 aromatic rings. The Kier molecular flexibility index (Phi) is 7.21. The predicted molar refractivity (Wildman–Crippen MR) is 98.3 cm³/mol. The quantitative estimate of drug-likeness (QED) is 0.525. The van der Waals surface area contributed by atoms with Gasteiger partial charge in [-0.2, -0.15) is 0 Å². The summed E-state index contributed by atoms with van der Waals surface area (Å²) in [6, 6.07) is 4.23. The number of ether oxygens (including phenoxy) is 1. The molecule has 6 nitrogen and oxygen atoms in total. The van der Waals surface area contributed by atoms with Crippen molar-refractivity contribution < 1.29 is 24.2 Å². The first-order valence-corrected chi connectivity index (χ1v) is 9.03. The minimum absolute atomic E-state index is 0.0611. The Morgan fingerprint density at radius 1 is 1.23 bits per heavy atom. The van der Waals surface area contributed by atoms with Gasteiger partial charge in [-0.05, 0) is 38.3 Å². The highest BCUT2D eigenvalue weighted by Gasteiger charge is 2.15. The lowest BCUT2D eigenvalue weighted by molar-refractivity contribution is -0.142. The Bertz CT molecular complexity index is 806. The first kappa shape index (κ1) is 20.0. The Labute approximate surface area is 152 Å². The molecule has 1 aromatic heterocycles. The molecule has 0 aliphatic rings. The number of phenolic OH excluding ortho intramolecular Hbond substituents is 1. The van der Waals surface area contributed by atoms with Gasteiger partial charge in [0.15, 0.2) is 5.43 Å². The summed E-state index contributed by atoms with van der Waals surface area (Å²) in [5, 5.41) is 19.5. The molecule has 0 amide bonds. The topological polar surface area (TPSA) is 97.0 Å². The van der Waals surface area contributed by atoms with Crippen LogP contribution in [0.4, 0.5) is 0 Å². The number of phenols is 1. The van der Waals surface area contributed by atoms with Crippen molar-refractivity contribution in [2.75, 3.05) is 6.61 Å². The Hall–Kier alpha value is -2.34. The molecule has 0 aliphatic heterocycles. The smallest absolute Gasteiger partial charge is 0.310 e. The van der Waals surface area contributed by atoms with Crippen molar-refractivity contribution in [1.29, 1.82) is 0 Å². The zero-order chi connectivity index (χ0) is 19.1. The van der Waals surface area contributed by atoms with Crippen LogP contribution in [0.1, 0.15) is 50.9 Å². The van der Waals surface area contributed by atoms with Crippen molar-refractivity contribution >= 4 is 16.9 Å². The number of aliphatic hydroxyl groups is 1. The second-order valence-corrected chi connectivity index (χ2v) is 6.49. The van der Waals surface area contributed by atoms with Crippen LogP contribution in [0.3, 0.4) is 0 Å². The molecule has 2 rings (SSSR count). The molecule has 2 N–H and O–H groups in total.